The summed E-state index contributed by atoms with van der Waals surface area (Å²) in [5, 5.41) is 3.65. The topological polar surface area (TPSA) is 58.6 Å². The van der Waals surface area contributed by atoms with Crippen LogP contribution in [-0.2, 0) is 29.1 Å². The van der Waals surface area contributed by atoms with E-state index >= 15 is 0 Å². The number of rotatable bonds is 10. The molecule has 188 valence electrons. The Labute approximate surface area is 222 Å². The van der Waals surface area contributed by atoms with Crippen LogP contribution in [0.5, 0.6) is 5.75 Å². The standard InChI is InChI=1S/C31H29ClN2O3/c1-37-28-18-14-24(15-19-28)21-33-31(36)30(26-10-6-3-7-11-26)34(22-25-8-4-2-5-9-25)29(35)20-23-12-16-27(32)17-13-23/h2-19,30H,20-22H2,1H3,(H,33,36). The maximum absolute atomic E-state index is 13.8. The molecule has 1 N–H and O–H groups in total. The summed E-state index contributed by atoms with van der Waals surface area (Å²) in [5.74, 6) is 0.348. The predicted molar refractivity (Wildman–Crippen MR) is 146 cm³/mol. The van der Waals surface area contributed by atoms with Gasteiger partial charge in [0, 0.05) is 18.1 Å². The first kappa shape index (κ1) is 26.0. The van der Waals surface area contributed by atoms with Gasteiger partial charge in [0.25, 0.3) is 0 Å². The van der Waals surface area contributed by atoms with Crippen molar-refractivity contribution >= 4 is 23.4 Å². The number of halogens is 1. The van der Waals surface area contributed by atoms with E-state index in [0.29, 0.717) is 18.1 Å². The molecular weight excluding hydrogens is 484 g/mol. The highest BCUT2D eigenvalue weighted by molar-refractivity contribution is 6.30. The highest BCUT2D eigenvalue weighted by Gasteiger charge is 2.31. The zero-order valence-corrected chi connectivity index (χ0v) is 21.4. The van der Waals surface area contributed by atoms with Crippen molar-refractivity contribution in [3.63, 3.8) is 0 Å². The van der Waals surface area contributed by atoms with E-state index in [9.17, 15) is 9.59 Å². The van der Waals surface area contributed by atoms with Crippen LogP contribution in [0, 0.1) is 0 Å². The van der Waals surface area contributed by atoms with E-state index in [2.05, 4.69) is 5.32 Å². The number of amides is 2. The maximum Gasteiger partial charge on any atom is 0.247 e. The molecule has 1 unspecified atom stereocenters. The van der Waals surface area contributed by atoms with E-state index in [1.807, 2.05) is 97.1 Å². The van der Waals surface area contributed by atoms with Crippen molar-refractivity contribution in [2.75, 3.05) is 7.11 Å². The third-order valence-electron chi connectivity index (χ3n) is 6.09. The Morgan fingerprint density at radius 2 is 1.38 bits per heavy atom. The first-order valence-corrected chi connectivity index (χ1v) is 12.4. The minimum Gasteiger partial charge on any atom is -0.497 e. The highest BCUT2D eigenvalue weighted by atomic mass is 35.5. The number of methoxy groups -OCH3 is 1. The summed E-state index contributed by atoms with van der Waals surface area (Å²) in [4.78, 5) is 29.1. The SMILES string of the molecule is COc1ccc(CNC(=O)C(c2ccccc2)N(Cc2ccccc2)C(=O)Cc2ccc(Cl)cc2)cc1. The second-order valence-corrected chi connectivity index (χ2v) is 9.13. The molecule has 4 rings (SSSR count). The Morgan fingerprint density at radius 1 is 0.784 bits per heavy atom. The number of hydrogen-bond donors (Lipinski definition) is 1. The Bertz CT molecular complexity index is 1290. The minimum absolute atomic E-state index is 0.152. The van der Waals surface area contributed by atoms with Gasteiger partial charge in [-0.3, -0.25) is 9.59 Å². The van der Waals surface area contributed by atoms with Crippen molar-refractivity contribution in [3.8, 4) is 5.75 Å². The van der Waals surface area contributed by atoms with Gasteiger partial charge < -0.3 is 15.0 Å². The fourth-order valence-electron chi connectivity index (χ4n) is 4.12. The Morgan fingerprint density at radius 3 is 2.00 bits per heavy atom. The van der Waals surface area contributed by atoms with E-state index in [4.69, 9.17) is 16.3 Å². The predicted octanol–water partition coefficient (Wildman–Crippen LogP) is 5.98. The number of benzene rings is 4. The van der Waals surface area contributed by atoms with E-state index in [1.54, 1.807) is 24.1 Å². The molecule has 2 amide bonds. The molecule has 0 saturated carbocycles. The molecule has 0 heterocycles. The van der Waals surface area contributed by atoms with E-state index in [0.717, 1.165) is 28.0 Å². The lowest BCUT2D eigenvalue weighted by molar-refractivity contribution is -0.141. The molecule has 5 nitrogen and oxygen atoms in total. The lowest BCUT2D eigenvalue weighted by Crippen LogP contribution is -2.43. The molecule has 1 atom stereocenters. The summed E-state index contributed by atoms with van der Waals surface area (Å²) in [6.07, 6.45) is 0.152. The first-order valence-electron chi connectivity index (χ1n) is 12.1. The second kappa shape index (κ2) is 12.7. The molecular formula is C31H29ClN2O3. The Kier molecular flexibility index (Phi) is 8.95. The van der Waals surface area contributed by atoms with Gasteiger partial charge >= 0.3 is 0 Å². The van der Waals surface area contributed by atoms with Crippen LogP contribution in [0.1, 0.15) is 28.3 Å². The number of nitrogens with zero attached hydrogens (tertiary/aromatic N) is 1. The third-order valence-corrected chi connectivity index (χ3v) is 6.34. The summed E-state index contributed by atoms with van der Waals surface area (Å²) in [5.41, 5.74) is 3.45. The van der Waals surface area contributed by atoms with Gasteiger partial charge in [0.15, 0.2) is 0 Å². The van der Waals surface area contributed by atoms with Crippen molar-refractivity contribution in [1.82, 2.24) is 10.2 Å². The van der Waals surface area contributed by atoms with Gasteiger partial charge in [-0.05, 0) is 46.5 Å². The largest absolute Gasteiger partial charge is 0.497 e. The molecule has 0 radical (unpaired) electrons. The van der Waals surface area contributed by atoms with Crippen LogP contribution in [0.4, 0.5) is 0 Å². The monoisotopic (exact) mass is 512 g/mol. The van der Waals surface area contributed by atoms with Crippen LogP contribution in [0.15, 0.2) is 109 Å². The van der Waals surface area contributed by atoms with Gasteiger partial charge in [0.05, 0.1) is 13.5 Å². The first-order chi connectivity index (χ1) is 18.0. The lowest BCUT2D eigenvalue weighted by Gasteiger charge is -2.32. The van der Waals surface area contributed by atoms with Crippen LogP contribution in [0.3, 0.4) is 0 Å². The average molecular weight is 513 g/mol. The van der Waals surface area contributed by atoms with Gasteiger partial charge in [0.2, 0.25) is 11.8 Å². The van der Waals surface area contributed by atoms with Crippen molar-refractivity contribution in [1.29, 1.82) is 0 Å². The molecule has 0 aliphatic heterocycles. The molecule has 0 bridgehead atoms. The fraction of sp³-hybridized carbons (Fsp3) is 0.161. The summed E-state index contributed by atoms with van der Waals surface area (Å²) in [6, 6.07) is 33.0. The van der Waals surface area contributed by atoms with Gasteiger partial charge in [-0.1, -0.05) is 96.5 Å². The minimum atomic E-state index is -0.806. The lowest BCUT2D eigenvalue weighted by atomic mass is 10.0. The molecule has 0 aliphatic rings. The molecule has 0 fully saturated rings. The quantitative estimate of drug-likeness (QED) is 0.284. The average Bonchev–Trinajstić information content (AvgIpc) is 2.94. The van der Waals surface area contributed by atoms with Crippen LogP contribution < -0.4 is 10.1 Å². The van der Waals surface area contributed by atoms with Crippen LogP contribution in [0.25, 0.3) is 0 Å². The van der Waals surface area contributed by atoms with Gasteiger partial charge in [-0.2, -0.15) is 0 Å². The number of nitrogens with one attached hydrogen (secondary N) is 1. The molecule has 4 aromatic carbocycles. The molecule has 0 saturated heterocycles. The Balaban J connectivity index is 1.63. The molecule has 4 aromatic rings. The Hall–Kier alpha value is -4.09. The van der Waals surface area contributed by atoms with Gasteiger partial charge in [-0.25, -0.2) is 0 Å². The maximum atomic E-state index is 13.8. The summed E-state index contributed by atoms with van der Waals surface area (Å²) < 4.78 is 5.22. The van der Waals surface area contributed by atoms with E-state index in [-0.39, 0.29) is 18.2 Å². The molecule has 37 heavy (non-hydrogen) atoms. The number of carbonyl (C=O) groups excluding carboxylic acids is 2. The zero-order chi connectivity index (χ0) is 26.0. The van der Waals surface area contributed by atoms with Crippen LogP contribution >= 0.6 is 11.6 Å². The van der Waals surface area contributed by atoms with E-state index < -0.39 is 6.04 Å². The summed E-state index contributed by atoms with van der Waals surface area (Å²) >= 11 is 6.04. The van der Waals surface area contributed by atoms with Gasteiger partial charge in [0.1, 0.15) is 11.8 Å². The number of ether oxygens (including phenoxy) is 1. The van der Waals surface area contributed by atoms with Crippen molar-refractivity contribution in [3.05, 3.63) is 136 Å². The van der Waals surface area contributed by atoms with Gasteiger partial charge in [-0.15, -0.1) is 0 Å². The summed E-state index contributed by atoms with van der Waals surface area (Å²) in [7, 11) is 1.61. The molecule has 6 heteroatoms. The second-order valence-electron chi connectivity index (χ2n) is 8.69. The number of hydrogen-bond acceptors (Lipinski definition) is 3. The normalized spacial score (nSPS) is 11.4. The third kappa shape index (κ3) is 7.21. The molecule has 0 spiro atoms. The van der Waals surface area contributed by atoms with Crippen molar-refractivity contribution in [2.45, 2.75) is 25.6 Å². The van der Waals surface area contributed by atoms with Crippen molar-refractivity contribution in [2.24, 2.45) is 0 Å². The highest BCUT2D eigenvalue weighted by Crippen LogP contribution is 2.25. The molecule has 0 aromatic heterocycles. The zero-order valence-electron chi connectivity index (χ0n) is 20.6. The molecule has 0 aliphatic carbocycles. The number of carbonyl (C=O) groups is 2. The van der Waals surface area contributed by atoms with Crippen LogP contribution in [0.2, 0.25) is 5.02 Å². The van der Waals surface area contributed by atoms with E-state index in [1.165, 1.54) is 0 Å². The summed E-state index contributed by atoms with van der Waals surface area (Å²) in [6.45, 7) is 0.624. The van der Waals surface area contributed by atoms with Crippen molar-refractivity contribution < 1.29 is 14.3 Å². The van der Waals surface area contributed by atoms with Crippen LogP contribution in [-0.4, -0.2) is 23.8 Å². The fourth-order valence-corrected chi connectivity index (χ4v) is 4.25. The smallest absolute Gasteiger partial charge is 0.247 e.